The van der Waals surface area contributed by atoms with Gasteiger partial charge >= 0.3 is 0 Å². The SMILES string of the molecule is Cc1cccc2nc(-c3cccc4ccccc34)oc12. The van der Waals surface area contributed by atoms with E-state index < -0.39 is 0 Å². The highest BCUT2D eigenvalue weighted by Gasteiger charge is 2.11. The molecular weight excluding hydrogens is 246 g/mol. The van der Waals surface area contributed by atoms with E-state index in [0.717, 1.165) is 22.2 Å². The molecular formula is C18H13NO. The van der Waals surface area contributed by atoms with Gasteiger partial charge in [-0.25, -0.2) is 4.98 Å². The highest BCUT2D eigenvalue weighted by molar-refractivity contribution is 5.95. The maximum Gasteiger partial charge on any atom is 0.227 e. The number of para-hydroxylation sites is 1. The van der Waals surface area contributed by atoms with E-state index in [1.54, 1.807) is 0 Å². The maximum atomic E-state index is 5.98. The first kappa shape index (κ1) is 11.2. The lowest BCUT2D eigenvalue weighted by Gasteiger charge is -2.02. The van der Waals surface area contributed by atoms with Crippen LogP contribution in [0.2, 0.25) is 0 Å². The van der Waals surface area contributed by atoms with Crippen molar-refractivity contribution in [3.8, 4) is 11.5 Å². The van der Waals surface area contributed by atoms with Gasteiger partial charge in [-0.05, 0) is 35.4 Å². The first-order chi connectivity index (χ1) is 9.83. The summed E-state index contributed by atoms with van der Waals surface area (Å²) < 4.78 is 5.98. The van der Waals surface area contributed by atoms with Crippen LogP contribution in [0.25, 0.3) is 33.3 Å². The van der Waals surface area contributed by atoms with Gasteiger partial charge in [0.1, 0.15) is 5.52 Å². The molecule has 1 heterocycles. The zero-order valence-electron chi connectivity index (χ0n) is 11.1. The molecule has 0 saturated carbocycles. The summed E-state index contributed by atoms with van der Waals surface area (Å²) in [7, 11) is 0. The Kier molecular flexibility index (Phi) is 2.36. The summed E-state index contributed by atoms with van der Waals surface area (Å²) in [6.07, 6.45) is 0. The molecule has 2 nitrogen and oxygen atoms in total. The average Bonchev–Trinajstić information content (AvgIpc) is 2.92. The molecule has 4 rings (SSSR count). The molecule has 0 saturated heterocycles. The number of rotatable bonds is 1. The highest BCUT2D eigenvalue weighted by Crippen LogP contribution is 2.31. The molecule has 0 radical (unpaired) electrons. The number of nitrogens with zero attached hydrogens (tertiary/aromatic N) is 1. The molecule has 96 valence electrons. The van der Waals surface area contributed by atoms with Crippen LogP contribution in [0, 0.1) is 6.92 Å². The molecule has 0 N–H and O–H groups in total. The quantitative estimate of drug-likeness (QED) is 0.483. The van der Waals surface area contributed by atoms with Crippen LogP contribution in [0.15, 0.2) is 65.1 Å². The van der Waals surface area contributed by atoms with Crippen molar-refractivity contribution in [1.29, 1.82) is 0 Å². The summed E-state index contributed by atoms with van der Waals surface area (Å²) >= 11 is 0. The molecule has 1 aromatic heterocycles. The van der Waals surface area contributed by atoms with Crippen LogP contribution in [0.1, 0.15) is 5.56 Å². The van der Waals surface area contributed by atoms with Gasteiger partial charge in [-0.2, -0.15) is 0 Å². The van der Waals surface area contributed by atoms with Crippen LogP contribution in [0.4, 0.5) is 0 Å². The Morgan fingerprint density at radius 3 is 2.55 bits per heavy atom. The van der Waals surface area contributed by atoms with E-state index in [0.29, 0.717) is 5.89 Å². The summed E-state index contributed by atoms with van der Waals surface area (Å²) in [5.41, 5.74) is 3.93. The van der Waals surface area contributed by atoms with E-state index in [1.807, 2.05) is 43.3 Å². The van der Waals surface area contributed by atoms with Gasteiger partial charge in [0.25, 0.3) is 0 Å². The monoisotopic (exact) mass is 259 g/mol. The van der Waals surface area contributed by atoms with Crippen molar-refractivity contribution < 1.29 is 4.42 Å². The van der Waals surface area contributed by atoms with Crippen molar-refractivity contribution in [2.45, 2.75) is 6.92 Å². The third-order valence-corrected chi connectivity index (χ3v) is 3.63. The van der Waals surface area contributed by atoms with Crippen molar-refractivity contribution in [2.75, 3.05) is 0 Å². The minimum Gasteiger partial charge on any atom is -0.436 e. The van der Waals surface area contributed by atoms with Crippen LogP contribution in [-0.4, -0.2) is 4.98 Å². The van der Waals surface area contributed by atoms with Crippen LogP contribution in [0.5, 0.6) is 0 Å². The maximum absolute atomic E-state index is 5.98. The Balaban J connectivity index is 2.04. The summed E-state index contributed by atoms with van der Waals surface area (Å²) in [6.45, 7) is 2.04. The normalized spacial score (nSPS) is 11.2. The van der Waals surface area contributed by atoms with Crippen molar-refractivity contribution >= 4 is 21.9 Å². The van der Waals surface area contributed by atoms with Crippen LogP contribution < -0.4 is 0 Å². The van der Waals surface area contributed by atoms with Gasteiger partial charge in [-0.15, -0.1) is 0 Å². The minimum absolute atomic E-state index is 0.686. The van der Waals surface area contributed by atoms with Crippen molar-refractivity contribution in [2.24, 2.45) is 0 Å². The Labute approximate surface area is 116 Å². The van der Waals surface area contributed by atoms with Crippen LogP contribution >= 0.6 is 0 Å². The predicted molar refractivity (Wildman–Crippen MR) is 81.7 cm³/mol. The van der Waals surface area contributed by atoms with Crippen LogP contribution in [-0.2, 0) is 0 Å². The van der Waals surface area contributed by atoms with Gasteiger partial charge < -0.3 is 4.42 Å². The van der Waals surface area contributed by atoms with Gasteiger partial charge in [0.2, 0.25) is 5.89 Å². The summed E-state index contributed by atoms with van der Waals surface area (Å²) in [5, 5.41) is 2.36. The lowest BCUT2D eigenvalue weighted by Crippen LogP contribution is -1.80. The molecule has 0 bridgehead atoms. The first-order valence-corrected chi connectivity index (χ1v) is 6.67. The topological polar surface area (TPSA) is 26.0 Å². The molecule has 4 aromatic rings. The van der Waals surface area contributed by atoms with Gasteiger partial charge in [0, 0.05) is 5.56 Å². The summed E-state index contributed by atoms with van der Waals surface area (Å²) in [5.74, 6) is 0.686. The molecule has 0 aliphatic rings. The zero-order valence-corrected chi connectivity index (χ0v) is 11.1. The second-order valence-electron chi connectivity index (χ2n) is 4.97. The fourth-order valence-corrected chi connectivity index (χ4v) is 2.61. The van der Waals surface area contributed by atoms with Gasteiger partial charge in [0.15, 0.2) is 5.58 Å². The lowest BCUT2D eigenvalue weighted by atomic mass is 10.0. The number of oxazole rings is 1. The molecule has 3 aromatic carbocycles. The van der Waals surface area contributed by atoms with Crippen molar-refractivity contribution in [3.05, 3.63) is 66.2 Å². The third kappa shape index (κ3) is 1.62. The predicted octanol–water partition coefficient (Wildman–Crippen LogP) is 4.96. The number of hydrogen-bond acceptors (Lipinski definition) is 2. The van der Waals surface area contributed by atoms with E-state index in [4.69, 9.17) is 4.42 Å². The standard InChI is InChI=1S/C18H13NO/c1-12-6-4-11-16-17(12)20-18(19-16)15-10-5-8-13-7-2-3-9-14(13)15/h2-11H,1H3. The van der Waals surface area contributed by atoms with Gasteiger partial charge in [-0.1, -0.05) is 48.5 Å². The molecule has 0 aliphatic carbocycles. The fourth-order valence-electron chi connectivity index (χ4n) is 2.61. The smallest absolute Gasteiger partial charge is 0.227 e. The third-order valence-electron chi connectivity index (χ3n) is 3.63. The van der Waals surface area contributed by atoms with Gasteiger partial charge in [-0.3, -0.25) is 0 Å². The van der Waals surface area contributed by atoms with E-state index in [9.17, 15) is 0 Å². The molecule has 0 spiro atoms. The minimum atomic E-state index is 0.686. The Bertz CT molecular complexity index is 916. The number of benzene rings is 3. The highest BCUT2D eigenvalue weighted by atomic mass is 16.3. The first-order valence-electron chi connectivity index (χ1n) is 6.67. The Hall–Kier alpha value is -2.61. The van der Waals surface area contributed by atoms with Crippen LogP contribution in [0.3, 0.4) is 0 Å². The average molecular weight is 259 g/mol. The van der Waals surface area contributed by atoms with Crippen molar-refractivity contribution in [1.82, 2.24) is 4.98 Å². The Morgan fingerprint density at radius 2 is 1.65 bits per heavy atom. The number of aromatic nitrogens is 1. The van der Waals surface area contributed by atoms with Crippen molar-refractivity contribution in [3.63, 3.8) is 0 Å². The number of fused-ring (bicyclic) bond motifs is 2. The summed E-state index contributed by atoms with van der Waals surface area (Å²) in [4.78, 5) is 4.63. The van der Waals surface area contributed by atoms with E-state index in [-0.39, 0.29) is 0 Å². The summed E-state index contributed by atoms with van der Waals surface area (Å²) in [6, 6.07) is 20.5. The number of hydrogen-bond donors (Lipinski definition) is 0. The molecule has 0 fully saturated rings. The molecule has 0 aliphatic heterocycles. The second-order valence-corrected chi connectivity index (χ2v) is 4.97. The molecule has 2 heteroatoms. The second kappa shape index (κ2) is 4.20. The van der Waals surface area contributed by atoms with E-state index in [2.05, 4.69) is 29.2 Å². The largest absolute Gasteiger partial charge is 0.436 e. The van der Waals surface area contributed by atoms with Gasteiger partial charge in [0.05, 0.1) is 0 Å². The molecule has 0 unspecified atom stereocenters. The van der Waals surface area contributed by atoms with E-state index in [1.165, 1.54) is 10.8 Å². The van der Waals surface area contributed by atoms with E-state index >= 15 is 0 Å². The molecule has 0 atom stereocenters. The number of aryl methyl sites for hydroxylation is 1. The fraction of sp³-hybridized carbons (Fsp3) is 0.0556. The molecule has 20 heavy (non-hydrogen) atoms. The zero-order chi connectivity index (χ0) is 13.5. The lowest BCUT2D eigenvalue weighted by molar-refractivity contribution is 0.618. The Morgan fingerprint density at radius 1 is 0.850 bits per heavy atom. The molecule has 0 amide bonds.